The van der Waals surface area contributed by atoms with Gasteiger partial charge in [-0.05, 0) is 52.1 Å². The number of hydrogen-bond donors (Lipinski definition) is 2. The zero-order valence-corrected chi connectivity index (χ0v) is 12.2. The lowest BCUT2D eigenvalue weighted by Crippen LogP contribution is -2.46. The van der Waals surface area contributed by atoms with E-state index in [0.29, 0.717) is 12.5 Å². The minimum Gasteiger partial charge on any atom is -0.480 e. The van der Waals surface area contributed by atoms with Crippen LogP contribution < -0.4 is 5.73 Å². The molecule has 0 aromatic carbocycles. The van der Waals surface area contributed by atoms with E-state index in [9.17, 15) is 4.79 Å². The van der Waals surface area contributed by atoms with Crippen molar-refractivity contribution in [2.75, 3.05) is 26.2 Å². The number of nitrogens with zero attached hydrogens (tertiary/aromatic N) is 1. The molecule has 5 nitrogen and oxygen atoms in total. The highest BCUT2D eigenvalue weighted by molar-refractivity contribution is 5.77. The topological polar surface area (TPSA) is 75.8 Å². The van der Waals surface area contributed by atoms with Gasteiger partial charge in [-0.2, -0.15) is 0 Å². The first kappa shape index (κ1) is 16.4. The fourth-order valence-electron chi connectivity index (χ4n) is 2.41. The lowest BCUT2D eigenvalue weighted by Gasteiger charge is -2.33. The van der Waals surface area contributed by atoms with Gasteiger partial charge in [-0.3, -0.25) is 4.79 Å². The fourth-order valence-corrected chi connectivity index (χ4v) is 2.41. The number of carboxylic acids is 1. The SMILES string of the molecule is CCCOC1CCCN(CCCC(C)(N)C(=O)O)C1. The van der Waals surface area contributed by atoms with Crippen LogP contribution in [0.5, 0.6) is 0 Å². The van der Waals surface area contributed by atoms with Crippen molar-refractivity contribution >= 4 is 5.97 Å². The molecule has 1 heterocycles. The Morgan fingerprint density at radius 2 is 2.32 bits per heavy atom. The van der Waals surface area contributed by atoms with Crippen molar-refractivity contribution in [3.63, 3.8) is 0 Å². The molecule has 0 amide bonds. The Hall–Kier alpha value is -0.650. The van der Waals surface area contributed by atoms with Gasteiger partial charge >= 0.3 is 5.97 Å². The molecule has 3 N–H and O–H groups in total. The van der Waals surface area contributed by atoms with Crippen LogP contribution in [0.3, 0.4) is 0 Å². The Labute approximate surface area is 116 Å². The van der Waals surface area contributed by atoms with Crippen molar-refractivity contribution < 1.29 is 14.6 Å². The van der Waals surface area contributed by atoms with Gasteiger partial charge in [0.25, 0.3) is 0 Å². The highest BCUT2D eigenvalue weighted by atomic mass is 16.5. The van der Waals surface area contributed by atoms with E-state index >= 15 is 0 Å². The maximum Gasteiger partial charge on any atom is 0.323 e. The van der Waals surface area contributed by atoms with E-state index in [0.717, 1.165) is 51.9 Å². The normalized spacial score (nSPS) is 24.1. The van der Waals surface area contributed by atoms with Gasteiger partial charge in [0.1, 0.15) is 5.54 Å². The van der Waals surface area contributed by atoms with Gasteiger partial charge in [0.15, 0.2) is 0 Å². The molecular weight excluding hydrogens is 244 g/mol. The number of carbonyl (C=O) groups is 1. The van der Waals surface area contributed by atoms with Crippen LogP contribution in [0.25, 0.3) is 0 Å². The summed E-state index contributed by atoms with van der Waals surface area (Å²) in [5.41, 5.74) is 4.62. The van der Waals surface area contributed by atoms with Crippen molar-refractivity contribution in [1.82, 2.24) is 4.90 Å². The number of nitrogens with two attached hydrogens (primary N) is 1. The summed E-state index contributed by atoms with van der Waals surface area (Å²) in [6, 6.07) is 0. The molecule has 0 bridgehead atoms. The molecule has 1 fully saturated rings. The molecule has 0 saturated carbocycles. The molecule has 2 atom stereocenters. The molecule has 19 heavy (non-hydrogen) atoms. The molecule has 0 aromatic heterocycles. The molecular formula is C14H28N2O3. The van der Waals surface area contributed by atoms with E-state index in [1.165, 1.54) is 0 Å². The number of carboxylic acid groups (broad SMARTS) is 1. The zero-order valence-electron chi connectivity index (χ0n) is 12.2. The average molecular weight is 272 g/mol. The van der Waals surface area contributed by atoms with Gasteiger partial charge in [0.05, 0.1) is 6.10 Å². The Bertz CT molecular complexity index is 282. The Morgan fingerprint density at radius 1 is 1.58 bits per heavy atom. The van der Waals surface area contributed by atoms with Gasteiger partial charge in [-0.25, -0.2) is 0 Å². The molecule has 1 saturated heterocycles. The van der Waals surface area contributed by atoms with Crippen LogP contribution in [-0.2, 0) is 9.53 Å². The third-order valence-corrected chi connectivity index (χ3v) is 3.68. The predicted octanol–water partition coefficient (Wildman–Crippen LogP) is 1.46. The molecule has 0 aromatic rings. The molecule has 112 valence electrons. The van der Waals surface area contributed by atoms with E-state index in [-0.39, 0.29) is 0 Å². The highest BCUT2D eigenvalue weighted by Crippen LogP contribution is 2.16. The lowest BCUT2D eigenvalue weighted by molar-refractivity contribution is -0.143. The maximum absolute atomic E-state index is 10.9. The average Bonchev–Trinajstić information content (AvgIpc) is 2.36. The third kappa shape index (κ3) is 5.89. The predicted molar refractivity (Wildman–Crippen MR) is 75.2 cm³/mol. The smallest absolute Gasteiger partial charge is 0.323 e. The first-order valence-electron chi connectivity index (χ1n) is 7.32. The van der Waals surface area contributed by atoms with Crippen LogP contribution in [-0.4, -0.2) is 53.9 Å². The highest BCUT2D eigenvalue weighted by Gasteiger charge is 2.28. The van der Waals surface area contributed by atoms with Crippen LogP contribution in [0, 0.1) is 0 Å². The van der Waals surface area contributed by atoms with E-state index in [4.69, 9.17) is 15.6 Å². The maximum atomic E-state index is 10.9. The largest absolute Gasteiger partial charge is 0.480 e. The van der Waals surface area contributed by atoms with Gasteiger partial charge in [0, 0.05) is 13.2 Å². The zero-order chi connectivity index (χ0) is 14.3. The van der Waals surface area contributed by atoms with E-state index in [1.807, 2.05) is 0 Å². The molecule has 0 radical (unpaired) electrons. The monoisotopic (exact) mass is 272 g/mol. The van der Waals surface area contributed by atoms with Crippen LogP contribution in [0.2, 0.25) is 0 Å². The third-order valence-electron chi connectivity index (χ3n) is 3.68. The van der Waals surface area contributed by atoms with Crippen molar-refractivity contribution in [2.45, 2.75) is 57.6 Å². The summed E-state index contributed by atoms with van der Waals surface area (Å²) < 4.78 is 5.79. The van der Waals surface area contributed by atoms with Crippen LogP contribution in [0.4, 0.5) is 0 Å². The minimum atomic E-state index is -1.10. The Kier molecular flexibility index (Phi) is 6.75. The summed E-state index contributed by atoms with van der Waals surface area (Å²) in [4.78, 5) is 13.3. The van der Waals surface area contributed by atoms with E-state index in [1.54, 1.807) is 6.92 Å². The van der Waals surface area contributed by atoms with Gasteiger partial charge < -0.3 is 20.5 Å². The minimum absolute atomic E-state index is 0.345. The molecule has 0 aliphatic carbocycles. The summed E-state index contributed by atoms with van der Waals surface area (Å²) in [6.07, 6.45) is 5.03. The molecule has 1 aliphatic heterocycles. The summed E-state index contributed by atoms with van der Waals surface area (Å²) in [7, 11) is 0. The summed E-state index contributed by atoms with van der Waals surface area (Å²) in [6.45, 7) is 7.49. The van der Waals surface area contributed by atoms with Crippen molar-refractivity contribution in [2.24, 2.45) is 5.73 Å². The first-order valence-corrected chi connectivity index (χ1v) is 7.32. The number of aliphatic carboxylic acids is 1. The molecule has 2 unspecified atom stereocenters. The Balaban J connectivity index is 2.24. The molecule has 1 aliphatic rings. The number of piperidine rings is 1. The van der Waals surface area contributed by atoms with Gasteiger partial charge in [-0.15, -0.1) is 0 Å². The van der Waals surface area contributed by atoms with Crippen molar-refractivity contribution in [1.29, 1.82) is 0 Å². The van der Waals surface area contributed by atoms with Gasteiger partial charge in [0.2, 0.25) is 0 Å². The number of ether oxygens (including phenoxy) is 1. The fraction of sp³-hybridized carbons (Fsp3) is 0.929. The van der Waals surface area contributed by atoms with Crippen LogP contribution >= 0.6 is 0 Å². The van der Waals surface area contributed by atoms with Crippen LogP contribution in [0.15, 0.2) is 0 Å². The second-order valence-corrected chi connectivity index (χ2v) is 5.76. The standard InChI is InChI=1S/C14H28N2O3/c1-3-10-19-12-6-4-8-16(11-12)9-5-7-14(2,15)13(17)18/h12H,3-11,15H2,1-2H3,(H,17,18). The second kappa shape index (κ2) is 7.82. The summed E-state index contributed by atoms with van der Waals surface area (Å²) in [5, 5.41) is 8.96. The van der Waals surface area contributed by atoms with Crippen LogP contribution in [0.1, 0.15) is 46.0 Å². The Morgan fingerprint density at radius 3 is 2.95 bits per heavy atom. The molecule has 1 rings (SSSR count). The summed E-state index contributed by atoms with van der Waals surface area (Å²) >= 11 is 0. The number of hydrogen-bond acceptors (Lipinski definition) is 4. The van der Waals surface area contributed by atoms with E-state index in [2.05, 4.69) is 11.8 Å². The second-order valence-electron chi connectivity index (χ2n) is 5.76. The van der Waals surface area contributed by atoms with Crippen molar-refractivity contribution in [3.05, 3.63) is 0 Å². The molecule has 5 heteroatoms. The number of rotatable bonds is 8. The van der Waals surface area contributed by atoms with E-state index < -0.39 is 11.5 Å². The quantitative estimate of drug-likeness (QED) is 0.699. The van der Waals surface area contributed by atoms with Gasteiger partial charge in [-0.1, -0.05) is 6.92 Å². The molecule has 0 spiro atoms. The first-order chi connectivity index (χ1) is 8.95. The van der Waals surface area contributed by atoms with Crippen molar-refractivity contribution in [3.8, 4) is 0 Å². The summed E-state index contributed by atoms with van der Waals surface area (Å²) in [5.74, 6) is -0.921. The lowest BCUT2D eigenvalue weighted by atomic mass is 9.97. The number of likely N-dealkylation sites (tertiary alicyclic amines) is 1.